The van der Waals surface area contributed by atoms with Crippen LogP contribution in [0.15, 0.2) is 47.4 Å². The van der Waals surface area contributed by atoms with E-state index in [4.69, 9.17) is 24.3 Å². The molecule has 0 spiro atoms. The summed E-state index contributed by atoms with van der Waals surface area (Å²) < 4.78 is 51.6. The molecule has 1 aromatic carbocycles. The van der Waals surface area contributed by atoms with Crippen LogP contribution in [-0.4, -0.2) is 57.3 Å². The Bertz CT molecular complexity index is 1160. The summed E-state index contributed by atoms with van der Waals surface area (Å²) in [5.74, 6) is -0.599. The third-order valence-corrected chi connectivity index (χ3v) is 6.90. The fraction of sp³-hybridized carbons (Fsp3) is 0.500. The van der Waals surface area contributed by atoms with Crippen LogP contribution in [0, 0.1) is 0 Å². The van der Waals surface area contributed by atoms with Crippen molar-refractivity contribution < 1.29 is 37.4 Å². The quantitative estimate of drug-likeness (QED) is 0.305. The summed E-state index contributed by atoms with van der Waals surface area (Å²) in [5.41, 5.74) is 2.16. The second kappa shape index (κ2) is 11.1. The molecule has 0 aliphatic carbocycles. The van der Waals surface area contributed by atoms with Crippen molar-refractivity contribution in [3.8, 4) is 5.75 Å². The summed E-state index contributed by atoms with van der Waals surface area (Å²) >= 11 is 0. The second-order valence-electron chi connectivity index (χ2n) is 8.70. The van der Waals surface area contributed by atoms with Gasteiger partial charge in [0.05, 0.1) is 12.7 Å². The van der Waals surface area contributed by atoms with Crippen LogP contribution in [0.2, 0.25) is 0 Å². The van der Waals surface area contributed by atoms with Crippen molar-refractivity contribution in [3.63, 3.8) is 0 Å². The number of nitrogens with two attached hydrogens (primary N) is 1. The Kier molecular flexibility index (Phi) is 8.52. The number of anilines is 1. The van der Waals surface area contributed by atoms with Gasteiger partial charge in [0.2, 0.25) is 0 Å². The minimum atomic E-state index is -4.29. The van der Waals surface area contributed by atoms with Gasteiger partial charge in [0.1, 0.15) is 29.8 Å². The number of hydrogen-bond acceptors (Lipinski definition) is 10. The number of para-hydroxylation sites is 1. The number of halogens is 1. The maximum atomic E-state index is 15.5. The number of aliphatic hydroxyl groups excluding tert-OH is 1. The van der Waals surface area contributed by atoms with Gasteiger partial charge in [-0.25, -0.2) is 13.8 Å². The van der Waals surface area contributed by atoms with E-state index in [0.717, 1.165) is 11.5 Å². The molecule has 12 nitrogen and oxygen atoms in total. The molecule has 2 aromatic rings. The molecule has 1 fully saturated rings. The molecule has 1 saturated heterocycles. The summed E-state index contributed by atoms with van der Waals surface area (Å²) in [5, 5.41) is 13.1. The van der Waals surface area contributed by atoms with Crippen LogP contribution in [0.25, 0.3) is 0 Å². The van der Waals surface area contributed by atoms with Gasteiger partial charge in [0.15, 0.2) is 11.9 Å². The summed E-state index contributed by atoms with van der Waals surface area (Å²) in [6.07, 6.45) is -3.92. The topological polar surface area (TPSA) is 164 Å². The first kappa shape index (κ1) is 27.8. The zero-order valence-electron chi connectivity index (χ0n) is 20.2. The fourth-order valence-corrected chi connectivity index (χ4v) is 4.96. The second-order valence-corrected chi connectivity index (χ2v) is 10.4. The SMILES string of the molecule is CC(C)OC(=O)[C@H](C)N[P@](=O)(OCC1OC(n2ccc(N)nc2=O)[C@](C)(F)[C@@H]1O)Oc1ccccc1. The van der Waals surface area contributed by atoms with Gasteiger partial charge in [0, 0.05) is 6.20 Å². The number of aromatic nitrogens is 2. The van der Waals surface area contributed by atoms with E-state index in [9.17, 15) is 19.3 Å². The Morgan fingerprint density at radius 2 is 2.00 bits per heavy atom. The van der Waals surface area contributed by atoms with E-state index in [1.54, 1.807) is 32.0 Å². The number of aliphatic hydroxyl groups is 1. The molecule has 0 bridgehead atoms. The highest BCUT2D eigenvalue weighted by molar-refractivity contribution is 7.52. The van der Waals surface area contributed by atoms with Crippen LogP contribution >= 0.6 is 7.75 Å². The van der Waals surface area contributed by atoms with Gasteiger partial charge >= 0.3 is 19.4 Å². The first-order valence-electron chi connectivity index (χ1n) is 11.2. The number of nitrogen functional groups attached to an aromatic ring is 1. The number of hydrogen-bond donors (Lipinski definition) is 3. The van der Waals surface area contributed by atoms with Crippen LogP contribution in [-0.2, 0) is 23.4 Å². The molecule has 1 aliphatic heterocycles. The van der Waals surface area contributed by atoms with Gasteiger partial charge in [-0.15, -0.1) is 0 Å². The molecule has 0 amide bonds. The molecular formula is C22H30FN4O8P. The molecule has 14 heteroatoms. The van der Waals surface area contributed by atoms with Crippen LogP contribution in [0.1, 0.15) is 33.9 Å². The van der Waals surface area contributed by atoms with Crippen molar-refractivity contribution >= 4 is 19.5 Å². The summed E-state index contributed by atoms with van der Waals surface area (Å²) in [7, 11) is -4.29. The van der Waals surface area contributed by atoms with Crippen molar-refractivity contribution in [1.82, 2.24) is 14.6 Å². The summed E-state index contributed by atoms with van der Waals surface area (Å²) in [6.45, 7) is 5.16. The van der Waals surface area contributed by atoms with Crippen LogP contribution < -0.4 is 21.0 Å². The fourth-order valence-electron chi connectivity index (χ4n) is 3.46. The molecule has 2 unspecified atom stereocenters. The van der Waals surface area contributed by atoms with E-state index in [2.05, 4.69) is 10.1 Å². The minimum Gasteiger partial charge on any atom is -0.462 e. The number of nitrogens with one attached hydrogen (secondary N) is 1. The van der Waals surface area contributed by atoms with E-state index >= 15 is 4.39 Å². The molecule has 6 atom stereocenters. The van der Waals surface area contributed by atoms with Gasteiger partial charge in [0.25, 0.3) is 0 Å². The first-order valence-corrected chi connectivity index (χ1v) is 12.7. The predicted octanol–water partition coefficient (Wildman–Crippen LogP) is 1.95. The average molecular weight is 528 g/mol. The highest BCUT2D eigenvalue weighted by Gasteiger charge is 2.56. The molecule has 2 heterocycles. The molecule has 36 heavy (non-hydrogen) atoms. The molecule has 198 valence electrons. The number of nitrogens with zero attached hydrogens (tertiary/aromatic N) is 2. The number of alkyl halides is 1. The standard InChI is InChI=1S/C22H30FN4O8P/c1-13(2)33-19(29)14(3)26-36(31,35-15-8-6-5-7-9-15)32-12-16-18(28)22(4,23)20(34-16)27-11-10-17(24)25-21(27)30/h5-11,13-14,16,18,20,28H,12H2,1-4H3,(H,26,31)(H2,24,25,30)/t14-,16?,18+,20?,22+,36-/m0/s1. The number of ether oxygens (including phenoxy) is 2. The Balaban J connectivity index is 1.79. The number of carbonyl (C=O) groups excluding carboxylic acids is 1. The molecule has 4 N–H and O–H groups in total. The van der Waals surface area contributed by atoms with E-state index < -0.39 is 62.3 Å². The van der Waals surface area contributed by atoms with E-state index in [0.29, 0.717) is 0 Å². The van der Waals surface area contributed by atoms with E-state index in [1.807, 2.05) is 0 Å². The Hall–Kier alpha value is -2.83. The molecule has 1 aromatic heterocycles. The third kappa shape index (κ3) is 6.48. The first-order chi connectivity index (χ1) is 16.8. The zero-order chi connectivity index (χ0) is 26.7. The van der Waals surface area contributed by atoms with Crippen LogP contribution in [0.5, 0.6) is 5.75 Å². The van der Waals surface area contributed by atoms with Crippen molar-refractivity contribution in [1.29, 1.82) is 0 Å². The highest BCUT2D eigenvalue weighted by atomic mass is 31.2. The van der Waals surface area contributed by atoms with Gasteiger partial charge in [-0.3, -0.25) is 13.9 Å². The normalized spacial score (nSPS) is 26.4. The summed E-state index contributed by atoms with van der Waals surface area (Å²) in [4.78, 5) is 28.0. The van der Waals surface area contributed by atoms with Crippen molar-refractivity contribution in [2.24, 2.45) is 0 Å². The Morgan fingerprint density at radius 1 is 1.33 bits per heavy atom. The molecule has 0 saturated carbocycles. The molecular weight excluding hydrogens is 498 g/mol. The maximum absolute atomic E-state index is 15.5. The molecule has 3 rings (SSSR count). The number of rotatable bonds is 10. The summed E-state index contributed by atoms with van der Waals surface area (Å²) in [6, 6.07) is 8.20. The van der Waals surface area contributed by atoms with E-state index in [1.165, 1.54) is 31.3 Å². The van der Waals surface area contributed by atoms with Gasteiger partial charge in [-0.1, -0.05) is 18.2 Å². The zero-order valence-corrected chi connectivity index (χ0v) is 21.1. The largest absolute Gasteiger partial charge is 0.462 e. The van der Waals surface area contributed by atoms with Crippen molar-refractivity contribution in [2.45, 2.75) is 63.9 Å². The van der Waals surface area contributed by atoms with Crippen molar-refractivity contribution in [3.05, 3.63) is 53.1 Å². The lowest BCUT2D eigenvalue weighted by molar-refractivity contribution is -0.149. The number of benzene rings is 1. The maximum Gasteiger partial charge on any atom is 0.459 e. The third-order valence-electron chi connectivity index (χ3n) is 5.26. The average Bonchev–Trinajstić information content (AvgIpc) is 3.01. The molecule has 1 aliphatic rings. The Labute approximate surface area is 207 Å². The lowest BCUT2D eigenvalue weighted by Crippen LogP contribution is -2.43. The number of esters is 1. The minimum absolute atomic E-state index is 0.0644. The van der Waals surface area contributed by atoms with Gasteiger partial charge in [-0.2, -0.15) is 10.1 Å². The Morgan fingerprint density at radius 3 is 2.61 bits per heavy atom. The molecule has 0 radical (unpaired) electrons. The van der Waals surface area contributed by atoms with E-state index in [-0.39, 0.29) is 11.6 Å². The van der Waals surface area contributed by atoms with Gasteiger partial charge < -0.3 is 24.8 Å². The lowest BCUT2D eigenvalue weighted by Gasteiger charge is -2.25. The van der Waals surface area contributed by atoms with Gasteiger partial charge in [-0.05, 0) is 45.9 Å². The van der Waals surface area contributed by atoms with Crippen LogP contribution in [0.4, 0.5) is 10.2 Å². The predicted molar refractivity (Wildman–Crippen MR) is 127 cm³/mol. The van der Waals surface area contributed by atoms with Crippen LogP contribution in [0.3, 0.4) is 0 Å². The smallest absolute Gasteiger partial charge is 0.459 e. The number of carbonyl (C=O) groups is 1. The monoisotopic (exact) mass is 528 g/mol. The highest BCUT2D eigenvalue weighted by Crippen LogP contribution is 2.47. The lowest BCUT2D eigenvalue weighted by atomic mass is 9.98. The van der Waals surface area contributed by atoms with Crippen molar-refractivity contribution in [2.75, 3.05) is 12.3 Å².